The average Bonchev–Trinajstić information content (AvgIpc) is 2.41. The van der Waals surface area contributed by atoms with Crippen molar-refractivity contribution in [3.63, 3.8) is 0 Å². The third kappa shape index (κ3) is 3.33. The number of benzene rings is 1. The van der Waals surface area contributed by atoms with Crippen LogP contribution in [0.1, 0.15) is 5.56 Å². The minimum absolute atomic E-state index is 0.116. The van der Waals surface area contributed by atoms with Gasteiger partial charge in [-0.2, -0.15) is 0 Å². The van der Waals surface area contributed by atoms with Crippen LogP contribution >= 0.6 is 11.6 Å². The van der Waals surface area contributed by atoms with Crippen LogP contribution in [0.5, 0.6) is 0 Å². The topological polar surface area (TPSA) is 87.7 Å². The molecule has 1 atom stereocenters. The zero-order chi connectivity index (χ0) is 13.8. The van der Waals surface area contributed by atoms with Crippen LogP contribution in [0.25, 0.3) is 5.70 Å². The normalized spacial score (nSPS) is 19.9. The summed E-state index contributed by atoms with van der Waals surface area (Å²) in [6.07, 6.45) is 1.49. The fourth-order valence-corrected chi connectivity index (χ4v) is 1.90. The highest BCUT2D eigenvalue weighted by atomic mass is 35.5. The number of aliphatic hydroxyl groups is 1. The standard InChI is InChI=1S/C13H14ClN3O2/c14-9-3-1-2-8(4-9)11(15)5-12-13(19)16-6-10(7-18)17-12/h1-5,10,18H,6-7,15H2,(H,16,19). The molecule has 0 saturated heterocycles. The van der Waals surface area contributed by atoms with Gasteiger partial charge in [-0.1, -0.05) is 23.7 Å². The highest BCUT2D eigenvalue weighted by molar-refractivity contribution is 6.44. The average molecular weight is 280 g/mol. The summed E-state index contributed by atoms with van der Waals surface area (Å²) < 4.78 is 0. The van der Waals surface area contributed by atoms with Crippen molar-refractivity contribution in [1.29, 1.82) is 0 Å². The van der Waals surface area contributed by atoms with Gasteiger partial charge in [-0.3, -0.25) is 9.79 Å². The molecule has 1 aromatic carbocycles. The van der Waals surface area contributed by atoms with Gasteiger partial charge in [-0.15, -0.1) is 0 Å². The minimum Gasteiger partial charge on any atom is -0.398 e. The van der Waals surface area contributed by atoms with E-state index >= 15 is 0 Å². The van der Waals surface area contributed by atoms with Crippen LogP contribution in [0.15, 0.2) is 35.3 Å². The van der Waals surface area contributed by atoms with Crippen molar-refractivity contribution in [2.24, 2.45) is 10.7 Å². The maximum absolute atomic E-state index is 11.6. The number of carbonyl (C=O) groups is 1. The zero-order valence-electron chi connectivity index (χ0n) is 10.1. The SMILES string of the molecule is NC(=CC1=NC(CO)CNC1=O)c1cccc(Cl)c1. The molecule has 5 nitrogen and oxygen atoms in total. The van der Waals surface area contributed by atoms with Crippen LogP contribution in [0.3, 0.4) is 0 Å². The lowest BCUT2D eigenvalue weighted by atomic mass is 10.1. The fourth-order valence-electron chi connectivity index (χ4n) is 1.71. The van der Waals surface area contributed by atoms with Crippen molar-refractivity contribution in [2.75, 3.05) is 13.2 Å². The zero-order valence-corrected chi connectivity index (χ0v) is 10.9. The number of amides is 1. The van der Waals surface area contributed by atoms with Gasteiger partial charge in [-0.05, 0) is 23.8 Å². The minimum atomic E-state index is -0.323. The van der Waals surface area contributed by atoms with E-state index in [1.54, 1.807) is 24.3 Å². The van der Waals surface area contributed by atoms with Crippen molar-refractivity contribution in [2.45, 2.75) is 6.04 Å². The Morgan fingerprint density at radius 3 is 3.11 bits per heavy atom. The van der Waals surface area contributed by atoms with E-state index in [2.05, 4.69) is 10.3 Å². The third-order valence-corrected chi connectivity index (χ3v) is 2.95. The molecule has 0 fully saturated rings. The van der Waals surface area contributed by atoms with E-state index in [1.165, 1.54) is 6.08 Å². The van der Waals surface area contributed by atoms with E-state index in [9.17, 15) is 4.79 Å². The number of carbonyl (C=O) groups excluding carboxylic acids is 1. The fraction of sp³-hybridized carbons (Fsp3) is 0.231. The van der Waals surface area contributed by atoms with Crippen molar-refractivity contribution in [3.05, 3.63) is 40.9 Å². The lowest BCUT2D eigenvalue weighted by molar-refractivity contribution is -0.115. The summed E-state index contributed by atoms with van der Waals surface area (Å²) in [5.74, 6) is -0.297. The Kier molecular flexibility index (Phi) is 4.19. The van der Waals surface area contributed by atoms with E-state index in [-0.39, 0.29) is 24.3 Å². The first-order chi connectivity index (χ1) is 9.10. The smallest absolute Gasteiger partial charge is 0.269 e. The number of nitrogens with two attached hydrogens (primary N) is 1. The number of hydrogen-bond acceptors (Lipinski definition) is 4. The van der Waals surface area contributed by atoms with Crippen molar-refractivity contribution >= 4 is 28.9 Å². The first-order valence-corrected chi connectivity index (χ1v) is 6.18. The Hall–Kier alpha value is -1.85. The van der Waals surface area contributed by atoms with Gasteiger partial charge in [0, 0.05) is 17.3 Å². The molecule has 1 unspecified atom stereocenters. The molecule has 0 aromatic heterocycles. The van der Waals surface area contributed by atoms with Crippen LogP contribution in [0, 0.1) is 0 Å². The molecule has 1 aliphatic heterocycles. The summed E-state index contributed by atoms with van der Waals surface area (Å²) in [4.78, 5) is 15.8. The quantitative estimate of drug-likeness (QED) is 0.756. The Morgan fingerprint density at radius 2 is 2.42 bits per heavy atom. The largest absolute Gasteiger partial charge is 0.398 e. The van der Waals surface area contributed by atoms with Gasteiger partial charge in [0.25, 0.3) is 5.91 Å². The van der Waals surface area contributed by atoms with Gasteiger partial charge < -0.3 is 16.2 Å². The molecule has 0 bridgehead atoms. The molecule has 6 heteroatoms. The van der Waals surface area contributed by atoms with Crippen LogP contribution in [0.2, 0.25) is 5.02 Å². The van der Waals surface area contributed by atoms with Gasteiger partial charge in [0.2, 0.25) is 0 Å². The summed E-state index contributed by atoms with van der Waals surface area (Å²) in [5, 5.41) is 12.3. The number of aliphatic hydroxyl groups excluding tert-OH is 1. The first-order valence-electron chi connectivity index (χ1n) is 5.80. The van der Waals surface area contributed by atoms with Gasteiger partial charge in [0.15, 0.2) is 0 Å². The molecular formula is C13H14ClN3O2. The lowest BCUT2D eigenvalue weighted by Gasteiger charge is -2.18. The molecule has 4 N–H and O–H groups in total. The summed E-state index contributed by atoms with van der Waals surface area (Å²) >= 11 is 5.88. The molecule has 1 amide bonds. The molecule has 1 aromatic rings. The highest BCUT2D eigenvalue weighted by Crippen LogP contribution is 2.15. The number of rotatable bonds is 3. The second kappa shape index (κ2) is 5.86. The van der Waals surface area contributed by atoms with Crippen LogP contribution in [-0.4, -0.2) is 35.9 Å². The summed E-state index contributed by atoms with van der Waals surface area (Å²) in [5.41, 5.74) is 7.25. The van der Waals surface area contributed by atoms with Crippen molar-refractivity contribution in [1.82, 2.24) is 5.32 Å². The summed E-state index contributed by atoms with van der Waals surface area (Å²) in [7, 11) is 0. The highest BCUT2D eigenvalue weighted by Gasteiger charge is 2.19. The molecule has 0 spiro atoms. The van der Waals surface area contributed by atoms with E-state index in [0.717, 1.165) is 0 Å². The summed E-state index contributed by atoms with van der Waals surface area (Å²) in [6.45, 7) is 0.221. The molecule has 1 heterocycles. The van der Waals surface area contributed by atoms with Gasteiger partial charge in [-0.25, -0.2) is 0 Å². The molecular weight excluding hydrogens is 266 g/mol. The molecule has 1 aliphatic rings. The Labute approximate surface area is 115 Å². The van der Waals surface area contributed by atoms with Gasteiger partial charge in [0.05, 0.1) is 12.6 Å². The number of halogens is 1. The van der Waals surface area contributed by atoms with Crippen molar-refractivity contribution < 1.29 is 9.90 Å². The molecule has 2 rings (SSSR count). The maximum atomic E-state index is 11.6. The molecule has 0 saturated carbocycles. The van der Waals surface area contributed by atoms with Crippen LogP contribution in [0.4, 0.5) is 0 Å². The number of aliphatic imine (C=N–C) groups is 1. The molecule has 19 heavy (non-hydrogen) atoms. The van der Waals surface area contributed by atoms with Gasteiger partial charge >= 0.3 is 0 Å². The van der Waals surface area contributed by atoms with E-state index in [4.69, 9.17) is 22.4 Å². The number of hydrogen-bond donors (Lipinski definition) is 3. The van der Waals surface area contributed by atoms with E-state index < -0.39 is 0 Å². The van der Waals surface area contributed by atoms with Crippen LogP contribution in [-0.2, 0) is 4.79 Å². The monoisotopic (exact) mass is 279 g/mol. The Balaban J connectivity index is 2.29. The second-order valence-electron chi connectivity index (χ2n) is 4.17. The number of nitrogens with one attached hydrogen (secondary N) is 1. The number of nitrogens with zero attached hydrogens (tertiary/aromatic N) is 1. The predicted molar refractivity (Wildman–Crippen MR) is 74.9 cm³/mol. The molecule has 100 valence electrons. The lowest BCUT2D eigenvalue weighted by Crippen LogP contribution is -2.42. The Bertz CT molecular complexity index is 555. The Morgan fingerprint density at radius 1 is 1.63 bits per heavy atom. The first kappa shape index (κ1) is 13.6. The molecule has 0 radical (unpaired) electrons. The maximum Gasteiger partial charge on any atom is 0.269 e. The van der Waals surface area contributed by atoms with Crippen molar-refractivity contribution in [3.8, 4) is 0 Å². The van der Waals surface area contributed by atoms with Gasteiger partial charge in [0.1, 0.15) is 5.71 Å². The third-order valence-electron chi connectivity index (χ3n) is 2.71. The second-order valence-corrected chi connectivity index (χ2v) is 4.61. The van der Waals surface area contributed by atoms with E-state index in [1.807, 2.05) is 0 Å². The predicted octanol–water partition coefficient (Wildman–Crippen LogP) is 0.571. The van der Waals surface area contributed by atoms with Crippen LogP contribution < -0.4 is 11.1 Å². The summed E-state index contributed by atoms with van der Waals surface area (Å²) in [6, 6.07) is 6.69. The van der Waals surface area contributed by atoms with E-state index in [0.29, 0.717) is 22.8 Å². The molecule has 0 aliphatic carbocycles.